The van der Waals surface area contributed by atoms with E-state index < -0.39 is 0 Å². The van der Waals surface area contributed by atoms with Crippen LogP contribution < -0.4 is 9.80 Å². The Morgan fingerprint density at radius 2 is 1.94 bits per heavy atom. The van der Waals surface area contributed by atoms with E-state index in [0.29, 0.717) is 11.9 Å². The zero-order valence-corrected chi connectivity index (χ0v) is 12.0. The molecule has 5 nitrogen and oxygen atoms in total. The van der Waals surface area contributed by atoms with Gasteiger partial charge >= 0.3 is 0 Å². The van der Waals surface area contributed by atoms with Gasteiger partial charge in [0.2, 0.25) is 5.95 Å². The van der Waals surface area contributed by atoms with E-state index in [2.05, 4.69) is 23.8 Å². The highest BCUT2D eigenvalue weighted by Gasteiger charge is 2.17. The van der Waals surface area contributed by atoms with Crippen LogP contribution in [0.4, 0.5) is 11.8 Å². The van der Waals surface area contributed by atoms with Crippen molar-refractivity contribution >= 4 is 11.8 Å². The molecule has 0 amide bonds. The third-order valence-corrected chi connectivity index (χ3v) is 2.89. The molecule has 102 valence electrons. The van der Waals surface area contributed by atoms with Gasteiger partial charge in [0.25, 0.3) is 0 Å². The van der Waals surface area contributed by atoms with Crippen LogP contribution in [0.3, 0.4) is 0 Å². The first kappa shape index (κ1) is 14.7. The fourth-order valence-electron chi connectivity index (χ4n) is 1.84. The predicted molar refractivity (Wildman–Crippen MR) is 75.1 cm³/mol. The Morgan fingerprint density at radius 1 is 1.28 bits per heavy atom. The van der Waals surface area contributed by atoms with Crippen molar-refractivity contribution in [1.29, 1.82) is 0 Å². The zero-order chi connectivity index (χ0) is 13.7. The van der Waals surface area contributed by atoms with Gasteiger partial charge in [0.05, 0.1) is 12.6 Å². The molecule has 1 aromatic heterocycles. The van der Waals surface area contributed by atoms with Gasteiger partial charge in [-0.05, 0) is 18.4 Å². The molecule has 0 fully saturated rings. The normalized spacial score (nSPS) is 12.6. The molecule has 1 N–H and O–H groups in total. The first-order valence-corrected chi connectivity index (χ1v) is 6.29. The highest BCUT2D eigenvalue weighted by atomic mass is 16.3. The Kier molecular flexibility index (Phi) is 5.34. The topological polar surface area (TPSA) is 52.5 Å². The molecule has 0 saturated carbocycles. The van der Waals surface area contributed by atoms with Gasteiger partial charge < -0.3 is 14.9 Å². The molecule has 0 saturated heterocycles. The van der Waals surface area contributed by atoms with Gasteiger partial charge in [-0.15, -0.1) is 0 Å². The lowest BCUT2D eigenvalue weighted by molar-refractivity contribution is 0.245. The molecule has 1 heterocycles. The first-order valence-electron chi connectivity index (χ1n) is 6.29. The molecule has 18 heavy (non-hydrogen) atoms. The molecule has 0 aliphatic carbocycles. The quantitative estimate of drug-likeness (QED) is 0.829. The minimum absolute atomic E-state index is 0.0925. The van der Waals surface area contributed by atoms with Crippen molar-refractivity contribution in [1.82, 2.24) is 9.97 Å². The maximum atomic E-state index is 9.49. The van der Waals surface area contributed by atoms with Crippen molar-refractivity contribution in [3.63, 3.8) is 0 Å². The Hall–Kier alpha value is -1.36. The largest absolute Gasteiger partial charge is 0.394 e. The number of aliphatic hydroxyl groups is 1. The lowest BCUT2D eigenvalue weighted by atomic mass is 10.0. The van der Waals surface area contributed by atoms with Gasteiger partial charge in [0.15, 0.2) is 0 Å². The average molecular weight is 252 g/mol. The van der Waals surface area contributed by atoms with Crippen molar-refractivity contribution in [3.05, 3.63) is 12.3 Å². The Bertz CT molecular complexity index is 368. The third-order valence-electron chi connectivity index (χ3n) is 2.89. The van der Waals surface area contributed by atoms with E-state index in [-0.39, 0.29) is 12.6 Å². The monoisotopic (exact) mass is 252 g/mol. The average Bonchev–Trinajstić information content (AvgIpc) is 2.35. The zero-order valence-electron chi connectivity index (χ0n) is 12.0. The minimum atomic E-state index is 0.0925. The maximum absolute atomic E-state index is 9.49. The summed E-state index contributed by atoms with van der Waals surface area (Å²) in [5.41, 5.74) is 0. The van der Waals surface area contributed by atoms with Crippen LogP contribution in [0.1, 0.15) is 20.3 Å². The van der Waals surface area contributed by atoms with Gasteiger partial charge in [-0.3, -0.25) is 0 Å². The summed E-state index contributed by atoms with van der Waals surface area (Å²) in [5, 5.41) is 9.49. The third kappa shape index (κ3) is 3.84. The van der Waals surface area contributed by atoms with E-state index in [1.54, 1.807) is 6.20 Å². The smallest absolute Gasteiger partial charge is 0.226 e. The molecule has 1 aromatic rings. The Labute approximate surface area is 109 Å². The summed E-state index contributed by atoms with van der Waals surface area (Å²) in [7, 11) is 5.79. The Balaban J connectivity index is 2.87. The van der Waals surface area contributed by atoms with Gasteiger partial charge in [0, 0.05) is 27.3 Å². The lowest BCUT2D eigenvalue weighted by Crippen LogP contribution is -2.36. The SMILES string of the molecule is CC(C)C[C@@H](CO)N(C)c1ccnc(N(C)C)n1. The second-order valence-electron chi connectivity index (χ2n) is 5.19. The number of rotatable bonds is 6. The summed E-state index contributed by atoms with van der Waals surface area (Å²) >= 11 is 0. The first-order chi connectivity index (χ1) is 8.45. The standard InChI is InChI=1S/C13H24N4O/c1-10(2)8-11(9-18)17(5)12-6-7-14-13(15-12)16(3)4/h6-7,10-11,18H,8-9H2,1-5H3/t11-/m0/s1. The number of anilines is 2. The van der Waals surface area contributed by atoms with E-state index in [1.807, 2.05) is 37.0 Å². The maximum Gasteiger partial charge on any atom is 0.226 e. The summed E-state index contributed by atoms with van der Waals surface area (Å²) in [6.45, 7) is 4.44. The van der Waals surface area contributed by atoms with Crippen molar-refractivity contribution in [2.45, 2.75) is 26.3 Å². The minimum Gasteiger partial charge on any atom is -0.394 e. The van der Waals surface area contributed by atoms with Crippen molar-refractivity contribution in [2.75, 3.05) is 37.5 Å². The molecular formula is C13H24N4O. The van der Waals surface area contributed by atoms with E-state index in [9.17, 15) is 5.11 Å². The van der Waals surface area contributed by atoms with Gasteiger partial charge in [-0.25, -0.2) is 4.98 Å². The molecule has 0 radical (unpaired) electrons. The molecule has 0 bridgehead atoms. The van der Waals surface area contributed by atoms with Crippen molar-refractivity contribution in [2.24, 2.45) is 5.92 Å². The van der Waals surface area contributed by atoms with Gasteiger partial charge in [-0.2, -0.15) is 4.98 Å². The Morgan fingerprint density at radius 3 is 2.44 bits per heavy atom. The molecule has 1 rings (SSSR count). The van der Waals surface area contributed by atoms with Gasteiger partial charge in [-0.1, -0.05) is 13.8 Å². The fraction of sp³-hybridized carbons (Fsp3) is 0.692. The fourth-order valence-corrected chi connectivity index (χ4v) is 1.84. The molecule has 0 aliphatic rings. The van der Waals surface area contributed by atoms with Crippen molar-refractivity contribution in [3.8, 4) is 0 Å². The van der Waals surface area contributed by atoms with E-state index in [0.717, 1.165) is 12.2 Å². The molecule has 1 atom stereocenters. The summed E-state index contributed by atoms with van der Waals surface area (Å²) < 4.78 is 0. The highest BCUT2D eigenvalue weighted by Crippen LogP contribution is 2.18. The van der Waals surface area contributed by atoms with Crippen molar-refractivity contribution < 1.29 is 5.11 Å². The molecular weight excluding hydrogens is 228 g/mol. The number of aliphatic hydroxyl groups excluding tert-OH is 1. The van der Waals surface area contributed by atoms with E-state index in [4.69, 9.17) is 0 Å². The number of hydrogen-bond acceptors (Lipinski definition) is 5. The summed E-state index contributed by atoms with van der Waals surface area (Å²) in [4.78, 5) is 12.6. The number of aromatic nitrogens is 2. The van der Waals surface area contributed by atoms with Crippen LogP contribution in [0, 0.1) is 5.92 Å². The lowest BCUT2D eigenvalue weighted by Gasteiger charge is -2.29. The predicted octanol–water partition coefficient (Wildman–Crippen LogP) is 1.39. The van der Waals surface area contributed by atoms with E-state index >= 15 is 0 Å². The molecule has 0 unspecified atom stereocenters. The molecule has 5 heteroatoms. The molecule has 0 spiro atoms. The summed E-state index contributed by atoms with van der Waals surface area (Å²) in [6.07, 6.45) is 2.69. The summed E-state index contributed by atoms with van der Waals surface area (Å²) in [5.74, 6) is 2.06. The summed E-state index contributed by atoms with van der Waals surface area (Å²) in [6, 6.07) is 1.96. The van der Waals surface area contributed by atoms with Gasteiger partial charge in [0.1, 0.15) is 5.82 Å². The van der Waals surface area contributed by atoms with Crippen LogP contribution in [0.2, 0.25) is 0 Å². The van der Waals surface area contributed by atoms with Crippen LogP contribution in [-0.2, 0) is 0 Å². The molecule has 0 aliphatic heterocycles. The number of nitrogens with zero attached hydrogens (tertiary/aromatic N) is 4. The second kappa shape index (κ2) is 6.54. The van der Waals surface area contributed by atoms with Crippen LogP contribution in [0.15, 0.2) is 12.3 Å². The highest BCUT2D eigenvalue weighted by molar-refractivity contribution is 5.43. The number of hydrogen-bond donors (Lipinski definition) is 1. The van der Waals surface area contributed by atoms with E-state index in [1.165, 1.54) is 0 Å². The van der Waals surface area contributed by atoms with Crippen LogP contribution in [0.5, 0.6) is 0 Å². The molecule has 0 aromatic carbocycles. The van der Waals surface area contributed by atoms with Crippen LogP contribution in [0.25, 0.3) is 0 Å². The van der Waals surface area contributed by atoms with Crippen LogP contribution in [-0.4, -0.2) is 48.9 Å². The second-order valence-corrected chi connectivity index (χ2v) is 5.19. The van der Waals surface area contributed by atoms with Crippen LogP contribution >= 0.6 is 0 Å². The number of likely N-dealkylation sites (N-methyl/N-ethyl adjacent to an activating group) is 1.